The van der Waals surface area contributed by atoms with Gasteiger partial charge in [-0.25, -0.2) is 0 Å². The average molecular weight is 235 g/mol. The van der Waals surface area contributed by atoms with E-state index in [9.17, 15) is 0 Å². The number of ether oxygens (including phenoxy) is 1. The molecule has 2 nitrogen and oxygen atoms in total. The van der Waals surface area contributed by atoms with E-state index in [1.807, 2.05) is 7.05 Å². The third-order valence-electron chi connectivity index (χ3n) is 3.13. The predicted molar refractivity (Wildman–Crippen MR) is 74.1 cm³/mol. The minimum Gasteiger partial charge on any atom is -0.496 e. The topological polar surface area (TPSA) is 21.3 Å². The summed E-state index contributed by atoms with van der Waals surface area (Å²) in [6.07, 6.45) is 2.10. The van der Waals surface area contributed by atoms with Crippen LogP contribution in [0.4, 0.5) is 0 Å². The quantitative estimate of drug-likeness (QED) is 0.818. The van der Waals surface area contributed by atoms with Gasteiger partial charge in [-0.15, -0.1) is 0 Å². The highest BCUT2D eigenvalue weighted by Gasteiger charge is 2.13. The Hall–Kier alpha value is -1.02. The lowest BCUT2D eigenvalue weighted by Crippen LogP contribution is -2.11. The van der Waals surface area contributed by atoms with E-state index in [-0.39, 0.29) is 0 Å². The summed E-state index contributed by atoms with van der Waals surface area (Å²) in [4.78, 5) is 0. The second-order valence-corrected chi connectivity index (χ2v) is 4.74. The highest BCUT2D eigenvalue weighted by molar-refractivity contribution is 5.46. The molecule has 0 aliphatic heterocycles. The van der Waals surface area contributed by atoms with E-state index < -0.39 is 0 Å². The molecule has 0 heterocycles. The lowest BCUT2D eigenvalue weighted by atomic mass is 9.94. The fourth-order valence-electron chi connectivity index (χ4n) is 2.14. The maximum atomic E-state index is 5.57. The number of aryl methyl sites for hydroxylation is 1. The third-order valence-corrected chi connectivity index (χ3v) is 3.13. The van der Waals surface area contributed by atoms with Gasteiger partial charge in [-0.3, -0.25) is 0 Å². The average Bonchev–Trinajstić information content (AvgIpc) is 2.34. The summed E-state index contributed by atoms with van der Waals surface area (Å²) in [6.45, 7) is 7.65. The van der Waals surface area contributed by atoms with Gasteiger partial charge in [-0.1, -0.05) is 32.9 Å². The van der Waals surface area contributed by atoms with Crippen LogP contribution in [-0.2, 0) is 12.8 Å². The summed E-state index contributed by atoms with van der Waals surface area (Å²) in [5.41, 5.74) is 4.06. The first kappa shape index (κ1) is 14.0. The highest BCUT2D eigenvalue weighted by atomic mass is 16.5. The van der Waals surface area contributed by atoms with Crippen LogP contribution in [0.15, 0.2) is 12.1 Å². The van der Waals surface area contributed by atoms with Crippen molar-refractivity contribution in [2.24, 2.45) is 0 Å². The van der Waals surface area contributed by atoms with Crippen molar-refractivity contribution < 1.29 is 4.74 Å². The zero-order chi connectivity index (χ0) is 12.8. The molecule has 0 saturated carbocycles. The van der Waals surface area contributed by atoms with E-state index in [1.165, 1.54) is 16.7 Å². The summed E-state index contributed by atoms with van der Waals surface area (Å²) < 4.78 is 5.57. The molecule has 96 valence electrons. The van der Waals surface area contributed by atoms with Gasteiger partial charge in [0.05, 0.1) is 7.11 Å². The molecule has 0 aliphatic carbocycles. The standard InChI is InChI=1S/C15H25NO/c1-6-13-9-12(7-8-16-4)10-14(11(2)3)15(13)17-5/h9-11,16H,6-8H2,1-5H3. The number of methoxy groups -OCH3 is 1. The minimum absolute atomic E-state index is 0.504. The summed E-state index contributed by atoms with van der Waals surface area (Å²) in [5, 5.41) is 3.20. The summed E-state index contributed by atoms with van der Waals surface area (Å²) in [5.74, 6) is 1.58. The Balaban J connectivity index is 3.15. The van der Waals surface area contributed by atoms with Crippen LogP contribution in [0.5, 0.6) is 5.75 Å². The molecule has 0 fully saturated rings. The van der Waals surface area contributed by atoms with Crippen LogP contribution in [0.3, 0.4) is 0 Å². The van der Waals surface area contributed by atoms with Crippen molar-refractivity contribution in [2.45, 2.75) is 39.5 Å². The maximum absolute atomic E-state index is 5.57. The van der Waals surface area contributed by atoms with E-state index in [0.717, 1.165) is 25.1 Å². The molecule has 17 heavy (non-hydrogen) atoms. The normalized spacial score (nSPS) is 10.9. The predicted octanol–water partition coefficient (Wildman–Crippen LogP) is 3.14. The SMILES string of the molecule is CCc1cc(CCNC)cc(C(C)C)c1OC. The molecule has 1 N–H and O–H groups in total. The van der Waals surface area contributed by atoms with Crippen LogP contribution in [0, 0.1) is 0 Å². The molecule has 0 bridgehead atoms. The van der Waals surface area contributed by atoms with Crippen molar-refractivity contribution in [1.29, 1.82) is 0 Å². The molecular weight excluding hydrogens is 210 g/mol. The fourth-order valence-corrected chi connectivity index (χ4v) is 2.14. The van der Waals surface area contributed by atoms with Gasteiger partial charge in [-0.05, 0) is 49.0 Å². The molecule has 0 saturated heterocycles. The monoisotopic (exact) mass is 235 g/mol. The van der Waals surface area contributed by atoms with Gasteiger partial charge >= 0.3 is 0 Å². The fraction of sp³-hybridized carbons (Fsp3) is 0.600. The van der Waals surface area contributed by atoms with Crippen molar-refractivity contribution >= 4 is 0 Å². The Morgan fingerprint density at radius 1 is 1.29 bits per heavy atom. The molecule has 0 aromatic heterocycles. The molecule has 1 aromatic carbocycles. The first-order chi connectivity index (χ1) is 8.13. The molecule has 2 heteroatoms. The van der Waals surface area contributed by atoms with Gasteiger partial charge in [0.1, 0.15) is 5.75 Å². The first-order valence-electron chi connectivity index (χ1n) is 6.48. The second kappa shape index (κ2) is 6.65. The minimum atomic E-state index is 0.504. The van der Waals surface area contributed by atoms with Gasteiger partial charge in [0.15, 0.2) is 0 Å². The Labute approximate surface area is 105 Å². The van der Waals surface area contributed by atoms with Crippen molar-refractivity contribution in [3.05, 3.63) is 28.8 Å². The number of hydrogen-bond donors (Lipinski definition) is 1. The lowest BCUT2D eigenvalue weighted by Gasteiger charge is -2.17. The number of hydrogen-bond acceptors (Lipinski definition) is 2. The summed E-state index contributed by atoms with van der Waals surface area (Å²) in [7, 11) is 3.77. The number of likely N-dealkylation sites (N-methyl/N-ethyl adjacent to an activating group) is 1. The van der Waals surface area contributed by atoms with Gasteiger partial charge in [0, 0.05) is 0 Å². The van der Waals surface area contributed by atoms with Crippen LogP contribution >= 0.6 is 0 Å². The lowest BCUT2D eigenvalue weighted by molar-refractivity contribution is 0.402. The van der Waals surface area contributed by atoms with Crippen LogP contribution in [0.1, 0.15) is 43.4 Å². The molecular formula is C15H25NO. The Kier molecular flexibility index (Phi) is 5.49. The largest absolute Gasteiger partial charge is 0.496 e. The van der Waals surface area contributed by atoms with Crippen molar-refractivity contribution in [1.82, 2.24) is 5.32 Å². The highest BCUT2D eigenvalue weighted by Crippen LogP contribution is 2.32. The molecule has 0 amide bonds. The van der Waals surface area contributed by atoms with Gasteiger partial charge in [0.2, 0.25) is 0 Å². The number of rotatable bonds is 6. The molecule has 0 unspecified atom stereocenters. The van der Waals surface area contributed by atoms with Crippen LogP contribution in [-0.4, -0.2) is 20.7 Å². The number of nitrogens with one attached hydrogen (secondary N) is 1. The first-order valence-corrected chi connectivity index (χ1v) is 6.48. The molecule has 1 rings (SSSR count). The molecule has 0 radical (unpaired) electrons. The zero-order valence-electron chi connectivity index (χ0n) is 11.8. The van der Waals surface area contributed by atoms with E-state index in [2.05, 4.69) is 38.2 Å². The van der Waals surface area contributed by atoms with Crippen LogP contribution in [0.25, 0.3) is 0 Å². The van der Waals surface area contributed by atoms with Crippen LogP contribution < -0.4 is 10.1 Å². The Morgan fingerprint density at radius 3 is 2.47 bits per heavy atom. The Bertz CT molecular complexity index is 358. The molecule has 1 aromatic rings. The van der Waals surface area contributed by atoms with E-state index >= 15 is 0 Å². The zero-order valence-corrected chi connectivity index (χ0v) is 11.8. The van der Waals surface area contributed by atoms with E-state index in [1.54, 1.807) is 7.11 Å². The molecule has 0 spiro atoms. The summed E-state index contributed by atoms with van der Waals surface area (Å²) in [6, 6.07) is 4.57. The van der Waals surface area contributed by atoms with E-state index in [4.69, 9.17) is 4.74 Å². The van der Waals surface area contributed by atoms with Gasteiger partial charge in [0.25, 0.3) is 0 Å². The van der Waals surface area contributed by atoms with Gasteiger partial charge < -0.3 is 10.1 Å². The third kappa shape index (κ3) is 3.47. The van der Waals surface area contributed by atoms with Crippen molar-refractivity contribution in [3.63, 3.8) is 0 Å². The molecule has 0 aliphatic rings. The van der Waals surface area contributed by atoms with Crippen LogP contribution in [0.2, 0.25) is 0 Å². The van der Waals surface area contributed by atoms with E-state index in [0.29, 0.717) is 5.92 Å². The van der Waals surface area contributed by atoms with Crippen molar-refractivity contribution in [2.75, 3.05) is 20.7 Å². The van der Waals surface area contributed by atoms with Crippen molar-refractivity contribution in [3.8, 4) is 5.75 Å². The van der Waals surface area contributed by atoms with Gasteiger partial charge in [-0.2, -0.15) is 0 Å². The number of benzene rings is 1. The second-order valence-electron chi connectivity index (χ2n) is 4.74. The summed E-state index contributed by atoms with van der Waals surface area (Å²) >= 11 is 0. The Morgan fingerprint density at radius 2 is 2.00 bits per heavy atom. The molecule has 0 atom stereocenters. The smallest absolute Gasteiger partial charge is 0.125 e. The maximum Gasteiger partial charge on any atom is 0.125 e.